The molecule has 1 aromatic carbocycles. The van der Waals surface area contributed by atoms with Crippen LogP contribution < -0.4 is 10.1 Å². The highest BCUT2D eigenvalue weighted by molar-refractivity contribution is 5.99. The minimum Gasteiger partial charge on any atom is -0.482 e. The summed E-state index contributed by atoms with van der Waals surface area (Å²) in [6.07, 6.45) is -4.26. The van der Waals surface area contributed by atoms with Crippen LogP contribution in [0.5, 0.6) is 5.75 Å². The van der Waals surface area contributed by atoms with Crippen LogP contribution in [-0.2, 0) is 9.59 Å². The molecule has 1 saturated carbocycles. The maximum atomic E-state index is 12.1. The number of amides is 1. The minimum absolute atomic E-state index is 0.0859. The number of alkyl halides is 3. The number of carbonyl (C=O) groups excluding carboxylic acids is 1. The van der Waals surface area contributed by atoms with E-state index in [-0.39, 0.29) is 17.9 Å². The first kappa shape index (κ1) is 15.1. The molecule has 21 heavy (non-hydrogen) atoms. The minimum atomic E-state index is -4.48. The van der Waals surface area contributed by atoms with Gasteiger partial charge >= 0.3 is 12.1 Å². The molecule has 8 heteroatoms. The van der Waals surface area contributed by atoms with E-state index in [0.29, 0.717) is 0 Å². The molecule has 0 saturated heterocycles. The molecule has 0 bridgehead atoms. The Morgan fingerprint density at radius 2 is 1.95 bits per heavy atom. The van der Waals surface area contributed by atoms with Crippen LogP contribution in [0.25, 0.3) is 0 Å². The lowest BCUT2D eigenvalue weighted by Crippen LogP contribution is -2.21. The molecule has 1 aliphatic rings. The number of carboxylic acid groups (broad SMARTS) is 1. The molecule has 5 nitrogen and oxygen atoms in total. The van der Waals surface area contributed by atoms with Gasteiger partial charge in [0.05, 0.1) is 17.5 Å². The quantitative estimate of drug-likeness (QED) is 0.875. The first-order valence-corrected chi connectivity index (χ1v) is 6.10. The first-order chi connectivity index (χ1) is 9.78. The van der Waals surface area contributed by atoms with Crippen LogP contribution in [0, 0.1) is 11.8 Å². The van der Waals surface area contributed by atoms with Crippen LogP contribution in [-0.4, -0.2) is 29.8 Å². The molecule has 2 atom stereocenters. The SMILES string of the molecule is O=C(O)C1CC1C(=O)Nc1ccccc1OCC(F)(F)F. The zero-order valence-corrected chi connectivity index (χ0v) is 10.7. The summed E-state index contributed by atoms with van der Waals surface area (Å²) in [5, 5.41) is 11.1. The summed E-state index contributed by atoms with van der Waals surface area (Å²) >= 11 is 0. The topological polar surface area (TPSA) is 75.6 Å². The average molecular weight is 303 g/mol. The highest BCUT2D eigenvalue weighted by Gasteiger charge is 2.48. The number of hydrogen-bond donors (Lipinski definition) is 2. The van der Waals surface area contributed by atoms with Gasteiger partial charge in [0.25, 0.3) is 0 Å². The number of anilines is 1. The lowest BCUT2D eigenvalue weighted by Gasteiger charge is -2.13. The predicted octanol–water partition coefficient (Wildman–Crippen LogP) is 2.29. The number of carboxylic acids is 1. The van der Waals surface area contributed by atoms with Crippen LogP contribution in [0.1, 0.15) is 6.42 Å². The molecule has 0 aliphatic heterocycles. The second kappa shape index (κ2) is 5.63. The molecule has 2 N–H and O–H groups in total. The molecule has 0 radical (unpaired) electrons. The molecule has 2 unspecified atom stereocenters. The second-order valence-corrected chi connectivity index (χ2v) is 4.68. The summed E-state index contributed by atoms with van der Waals surface area (Å²) in [7, 11) is 0. The van der Waals surface area contributed by atoms with E-state index in [0.717, 1.165) is 0 Å². The van der Waals surface area contributed by atoms with E-state index in [4.69, 9.17) is 5.11 Å². The van der Waals surface area contributed by atoms with Crippen molar-refractivity contribution in [2.45, 2.75) is 12.6 Å². The van der Waals surface area contributed by atoms with Crippen LogP contribution in [0.4, 0.5) is 18.9 Å². The number of aliphatic carboxylic acids is 1. The molecule has 2 rings (SSSR count). The van der Waals surface area contributed by atoms with Crippen molar-refractivity contribution in [1.29, 1.82) is 0 Å². The lowest BCUT2D eigenvalue weighted by atomic mass is 10.2. The Morgan fingerprint density at radius 3 is 2.52 bits per heavy atom. The van der Waals surface area contributed by atoms with E-state index in [1.165, 1.54) is 24.3 Å². The summed E-state index contributed by atoms with van der Waals surface area (Å²) in [5.74, 6) is -3.09. The normalized spacial score (nSPS) is 20.7. The molecule has 0 aromatic heterocycles. The molecule has 0 heterocycles. The third-order valence-electron chi connectivity index (χ3n) is 2.98. The van der Waals surface area contributed by atoms with Gasteiger partial charge in [0.2, 0.25) is 5.91 Å². The number of benzene rings is 1. The van der Waals surface area contributed by atoms with Crippen LogP contribution in [0.3, 0.4) is 0 Å². The Hall–Kier alpha value is -2.25. The van der Waals surface area contributed by atoms with Crippen molar-refractivity contribution in [3.63, 3.8) is 0 Å². The van der Waals surface area contributed by atoms with E-state index in [1.807, 2.05) is 0 Å². The molecule has 1 aromatic rings. The van der Waals surface area contributed by atoms with Crippen molar-refractivity contribution in [1.82, 2.24) is 0 Å². The van der Waals surface area contributed by atoms with Gasteiger partial charge < -0.3 is 15.2 Å². The number of rotatable bonds is 5. The summed E-state index contributed by atoms with van der Waals surface area (Å²) in [4.78, 5) is 22.5. The highest BCUT2D eigenvalue weighted by Crippen LogP contribution is 2.40. The van der Waals surface area contributed by atoms with E-state index >= 15 is 0 Å². The van der Waals surface area contributed by atoms with Gasteiger partial charge in [0.1, 0.15) is 5.75 Å². The Kier molecular flexibility index (Phi) is 4.06. The Morgan fingerprint density at radius 1 is 1.29 bits per heavy atom. The number of ether oxygens (including phenoxy) is 1. The smallest absolute Gasteiger partial charge is 0.422 e. The van der Waals surface area contributed by atoms with Crippen molar-refractivity contribution >= 4 is 17.6 Å². The largest absolute Gasteiger partial charge is 0.482 e. The fourth-order valence-electron chi connectivity index (χ4n) is 1.84. The maximum Gasteiger partial charge on any atom is 0.422 e. The van der Waals surface area contributed by atoms with Crippen LogP contribution >= 0.6 is 0 Å². The molecule has 1 aliphatic carbocycles. The zero-order chi connectivity index (χ0) is 15.6. The third-order valence-corrected chi connectivity index (χ3v) is 2.98. The number of carbonyl (C=O) groups is 2. The van der Waals surface area contributed by atoms with Gasteiger partial charge in [-0.2, -0.15) is 13.2 Å². The Bertz CT molecular complexity index is 559. The molecule has 114 valence electrons. The molecular weight excluding hydrogens is 291 g/mol. The van der Waals surface area contributed by atoms with Gasteiger partial charge in [-0.25, -0.2) is 0 Å². The van der Waals surface area contributed by atoms with Crippen molar-refractivity contribution in [2.24, 2.45) is 11.8 Å². The monoisotopic (exact) mass is 303 g/mol. The Labute approximate surface area is 117 Å². The van der Waals surface area contributed by atoms with Gasteiger partial charge in [-0.15, -0.1) is 0 Å². The van der Waals surface area contributed by atoms with Crippen molar-refractivity contribution in [3.05, 3.63) is 24.3 Å². The van der Waals surface area contributed by atoms with E-state index in [9.17, 15) is 22.8 Å². The summed E-state index contributed by atoms with van der Waals surface area (Å²) in [6.45, 7) is -1.47. The third kappa shape index (κ3) is 4.11. The predicted molar refractivity (Wildman–Crippen MR) is 65.9 cm³/mol. The van der Waals surface area contributed by atoms with Crippen molar-refractivity contribution in [3.8, 4) is 5.75 Å². The van der Waals surface area contributed by atoms with E-state index < -0.39 is 36.5 Å². The molecule has 0 spiro atoms. The summed E-state index contributed by atoms with van der Waals surface area (Å²) in [6, 6.07) is 5.68. The Balaban J connectivity index is 2.00. The number of hydrogen-bond acceptors (Lipinski definition) is 3. The molecular formula is C13H12F3NO4. The second-order valence-electron chi connectivity index (χ2n) is 4.68. The standard InChI is InChI=1S/C13H12F3NO4/c14-13(15,16)6-21-10-4-2-1-3-9(10)17-11(18)7-5-8(7)12(19)20/h1-4,7-8H,5-6H2,(H,17,18)(H,19,20). The molecule has 1 fully saturated rings. The van der Waals surface area contributed by atoms with E-state index in [1.54, 1.807) is 0 Å². The number of nitrogens with one attached hydrogen (secondary N) is 1. The van der Waals surface area contributed by atoms with Crippen LogP contribution in [0.2, 0.25) is 0 Å². The van der Waals surface area contributed by atoms with Gasteiger partial charge in [0.15, 0.2) is 6.61 Å². The maximum absolute atomic E-state index is 12.1. The number of halogens is 3. The fourth-order valence-corrected chi connectivity index (χ4v) is 1.84. The summed E-state index contributed by atoms with van der Waals surface area (Å²) in [5.41, 5.74) is 0.0859. The highest BCUT2D eigenvalue weighted by atomic mass is 19.4. The average Bonchev–Trinajstić information content (AvgIpc) is 3.17. The van der Waals surface area contributed by atoms with Gasteiger partial charge in [0, 0.05) is 0 Å². The first-order valence-electron chi connectivity index (χ1n) is 6.10. The van der Waals surface area contributed by atoms with Crippen molar-refractivity contribution < 1.29 is 32.6 Å². The van der Waals surface area contributed by atoms with Crippen LogP contribution in [0.15, 0.2) is 24.3 Å². The number of para-hydroxylation sites is 2. The zero-order valence-electron chi connectivity index (χ0n) is 10.7. The van der Waals surface area contributed by atoms with Gasteiger partial charge in [-0.1, -0.05) is 12.1 Å². The molecule has 1 amide bonds. The fraction of sp³-hybridized carbons (Fsp3) is 0.385. The summed E-state index contributed by atoms with van der Waals surface area (Å²) < 4.78 is 41.0. The van der Waals surface area contributed by atoms with Gasteiger partial charge in [-0.3, -0.25) is 9.59 Å². The van der Waals surface area contributed by atoms with Crippen molar-refractivity contribution in [2.75, 3.05) is 11.9 Å². The van der Waals surface area contributed by atoms with Gasteiger partial charge in [-0.05, 0) is 18.6 Å². The van der Waals surface area contributed by atoms with E-state index in [2.05, 4.69) is 10.1 Å². The lowest BCUT2D eigenvalue weighted by molar-refractivity contribution is -0.153.